The average molecular weight is 423 g/mol. The second-order valence-electron chi connectivity index (χ2n) is 6.92. The lowest BCUT2D eigenvalue weighted by atomic mass is 10.1. The van der Waals surface area contributed by atoms with Crippen molar-refractivity contribution in [3.8, 4) is 22.8 Å². The highest BCUT2D eigenvalue weighted by atomic mass is 32.1. The molecule has 2 aromatic carbocycles. The zero-order valence-corrected chi connectivity index (χ0v) is 17.3. The smallest absolute Gasteiger partial charge is 0.252 e. The van der Waals surface area contributed by atoms with Gasteiger partial charge >= 0.3 is 0 Å². The highest BCUT2D eigenvalue weighted by Gasteiger charge is 2.21. The fourth-order valence-corrected chi connectivity index (χ4v) is 3.80. The van der Waals surface area contributed by atoms with Gasteiger partial charge in [0.05, 0.1) is 30.1 Å². The van der Waals surface area contributed by atoms with Crippen LogP contribution in [0.2, 0.25) is 0 Å². The van der Waals surface area contributed by atoms with Crippen LogP contribution in [-0.4, -0.2) is 34.6 Å². The number of hydrogen-bond donors (Lipinski definition) is 2. The number of amides is 1. The Kier molecular flexibility index (Phi) is 5.67. The van der Waals surface area contributed by atoms with Crippen LogP contribution in [0.3, 0.4) is 0 Å². The summed E-state index contributed by atoms with van der Waals surface area (Å²) < 4.78 is 7.24. The Hall–Kier alpha value is -3.39. The van der Waals surface area contributed by atoms with Crippen molar-refractivity contribution in [2.45, 2.75) is 25.8 Å². The molecule has 0 radical (unpaired) electrons. The largest absolute Gasteiger partial charge is 0.507 e. The summed E-state index contributed by atoms with van der Waals surface area (Å²) in [4.78, 5) is 17.2. The molecule has 1 amide bonds. The molecule has 1 aromatic heterocycles. The molecule has 0 aliphatic heterocycles. The number of carbonyl (C=O) groups is 1. The number of aromatic nitrogens is 1. The van der Waals surface area contributed by atoms with Crippen molar-refractivity contribution in [2.24, 2.45) is 15.8 Å². The van der Waals surface area contributed by atoms with Crippen LogP contribution in [0, 0.1) is 0 Å². The molecule has 7 nitrogen and oxygen atoms in total. The van der Waals surface area contributed by atoms with Gasteiger partial charge in [-0.2, -0.15) is 5.10 Å². The lowest BCUT2D eigenvalue weighted by Crippen LogP contribution is -2.14. The van der Waals surface area contributed by atoms with E-state index in [2.05, 4.69) is 5.10 Å². The molecule has 4 rings (SSSR count). The highest BCUT2D eigenvalue weighted by Crippen LogP contribution is 2.27. The third kappa shape index (κ3) is 4.44. The van der Waals surface area contributed by atoms with Crippen molar-refractivity contribution in [3.05, 3.63) is 63.8 Å². The Morgan fingerprint density at radius 2 is 2.07 bits per heavy atom. The van der Waals surface area contributed by atoms with Crippen LogP contribution in [0.4, 0.5) is 0 Å². The summed E-state index contributed by atoms with van der Waals surface area (Å²) in [7, 11) is 0. The number of ether oxygens (including phenoxy) is 1. The van der Waals surface area contributed by atoms with E-state index in [4.69, 9.17) is 15.5 Å². The predicted molar refractivity (Wildman–Crippen MR) is 117 cm³/mol. The summed E-state index contributed by atoms with van der Waals surface area (Å²) >= 11 is 1.49. The van der Waals surface area contributed by atoms with Gasteiger partial charge in [0, 0.05) is 10.9 Å². The third-order valence-corrected chi connectivity index (χ3v) is 5.43. The standard InChI is InChI=1S/C22H22N4O3S/c1-2-29-17-8-3-14(4-9-17)12-24-26-19(13-30-22(26)25-16-6-7-16)15-5-10-20(27)18(11-15)21(23)28/h3-5,8-13,16,27H,2,6-7H2,1H3,(H2,23,28)/b24-12+,25-22?. The summed E-state index contributed by atoms with van der Waals surface area (Å²) in [6, 6.07) is 12.8. The Labute approximate surface area is 177 Å². The maximum absolute atomic E-state index is 11.6. The van der Waals surface area contributed by atoms with Gasteiger partial charge in [-0.3, -0.25) is 9.79 Å². The van der Waals surface area contributed by atoms with Crippen molar-refractivity contribution in [2.75, 3.05) is 6.61 Å². The van der Waals surface area contributed by atoms with Gasteiger partial charge in [-0.1, -0.05) is 0 Å². The van der Waals surface area contributed by atoms with E-state index in [9.17, 15) is 9.90 Å². The molecule has 154 valence electrons. The average Bonchev–Trinajstić information content (AvgIpc) is 3.47. The molecule has 0 saturated heterocycles. The maximum atomic E-state index is 11.6. The number of benzene rings is 2. The minimum absolute atomic E-state index is 0.0708. The normalized spacial score (nSPS) is 14.4. The van der Waals surface area contributed by atoms with Crippen molar-refractivity contribution >= 4 is 23.5 Å². The van der Waals surface area contributed by atoms with Gasteiger partial charge in [0.2, 0.25) is 4.80 Å². The SMILES string of the molecule is CCOc1ccc(/C=N/n2c(-c3ccc(O)c(C(N)=O)c3)csc2=NC2CC2)cc1. The number of primary amides is 1. The van der Waals surface area contributed by atoms with E-state index in [1.807, 2.05) is 36.6 Å². The highest BCUT2D eigenvalue weighted by molar-refractivity contribution is 7.07. The monoisotopic (exact) mass is 422 g/mol. The first-order chi connectivity index (χ1) is 14.5. The summed E-state index contributed by atoms with van der Waals surface area (Å²) in [5.41, 5.74) is 7.87. The zero-order chi connectivity index (χ0) is 21.1. The van der Waals surface area contributed by atoms with E-state index in [0.717, 1.165) is 40.2 Å². The summed E-state index contributed by atoms with van der Waals surface area (Å²) in [6.45, 7) is 2.56. The van der Waals surface area contributed by atoms with Gasteiger partial charge in [0.25, 0.3) is 5.91 Å². The maximum Gasteiger partial charge on any atom is 0.252 e. The molecule has 1 fully saturated rings. The van der Waals surface area contributed by atoms with E-state index >= 15 is 0 Å². The Bertz CT molecular complexity index is 1160. The molecule has 1 heterocycles. The van der Waals surface area contributed by atoms with Crippen LogP contribution in [-0.2, 0) is 0 Å². The zero-order valence-electron chi connectivity index (χ0n) is 16.5. The molecule has 0 spiro atoms. The van der Waals surface area contributed by atoms with Crippen molar-refractivity contribution in [1.29, 1.82) is 0 Å². The van der Waals surface area contributed by atoms with Crippen LogP contribution in [0.25, 0.3) is 11.3 Å². The van der Waals surface area contributed by atoms with Crippen molar-refractivity contribution in [3.63, 3.8) is 0 Å². The minimum atomic E-state index is -0.683. The molecular formula is C22H22N4O3S. The van der Waals surface area contributed by atoms with Gasteiger partial charge in [0.15, 0.2) is 0 Å². The van der Waals surface area contributed by atoms with E-state index < -0.39 is 5.91 Å². The van der Waals surface area contributed by atoms with Gasteiger partial charge in [-0.05, 0) is 67.8 Å². The molecule has 0 atom stereocenters. The fraction of sp³-hybridized carbons (Fsp3) is 0.227. The van der Waals surface area contributed by atoms with Crippen LogP contribution in [0.1, 0.15) is 35.7 Å². The molecule has 3 aromatic rings. The number of aromatic hydroxyl groups is 1. The lowest BCUT2D eigenvalue weighted by Gasteiger charge is -2.07. The number of phenols is 1. The Morgan fingerprint density at radius 3 is 2.73 bits per heavy atom. The molecule has 30 heavy (non-hydrogen) atoms. The molecule has 1 aliphatic rings. The fourth-order valence-electron chi connectivity index (χ4n) is 2.89. The quantitative estimate of drug-likeness (QED) is 0.571. The van der Waals surface area contributed by atoms with E-state index in [1.165, 1.54) is 17.4 Å². The number of nitrogens with zero attached hydrogens (tertiary/aromatic N) is 3. The molecular weight excluding hydrogens is 400 g/mol. The van der Waals surface area contributed by atoms with Gasteiger partial charge in [-0.25, -0.2) is 4.68 Å². The van der Waals surface area contributed by atoms with Gasteiger partial charge in [-0.15, -0.1) is 11.3 Å². The first-order valence-electron chi connectivity index (χ1n) is 9.70. The van der Waals surface area contributed by atoms with Crippen molar-refractivity contribution in [1.82, 2.24) is 4.68 Å². The van der Waals surface area contributed by atoms with Gasteiger partial charge in [0.1, 0.15) is 11.5 Å². The first-order valence-corrected chi connectivity index (χ1v) is 10.6. The van der Waals surface area contributed by atoms with E-state index in [1.54, 1.807) is 23.0 Å². The van der Waals surface area contributed by atoms with E-state index in [-0.39, 0.29) is 11.3 Å². The van der Waals surface area contributed by atoms with Crippen LogP contribution in [0.15, 0.2) is 57.9 Å². The third-order valence-electron chi connectivity index (χ3n) is 4.60. The Balaban J connectivity index is 1.74. The van der Waals surface area contributed by atoms with Gasteiger partial charge < -0.3 is 15.6 Å². The molecule has 0 bridgehead atoms. The summed E-state index contributed by atoms with van der Waals surface area (Å²) in [5.74, 6) is -0.0169. The predicted octanol–water partition coefficient (Wildman–Crippen LogP) is 3.37. The second kappa shape index (κ2) is 8.54. The Morgan fingerprint density at radius 1 is 1.30 bits per heavy atom. The molecule has 0 unspecified atom stereocenters. The van der Waals surface area contributed by atoms with Crippen molar-refractivity contribution < 1.29 is 14.6 Å². The van der Waals surface area contributed by atoms with Crippen LogP contribution in [0.5, 0.6) is 11.5 Å². The van der Waals surface area contributed by atoms with E-state index in [0.29, 0.717) is 12.6 Å². The number of thiazole rings is 1. The topological polar surface area (TPSA) is 102 Å². The molecule has 1 aliphatic carbocycles. The number of nitrogens with two attached hydrogens (primary N) is 1. The summed E-state index contributed by atoms with van der Waals surface area (Å²) in [5, 5.41) is 16.5. The molecule has 1 saturated carbocycles. The van der Waals surface area contributed by atoms with Crippen LogP contribution >= 0.6 is 11.3 Å². The number of carbonyl (C=O) groups excluding carboxylic acids is 1. The number of rotatable bonds is 7. The minimum Gasteiger partial charge on any atom is -0.507 e. The second-order valence-corrected chi connectivity index (χ2v) is 7.75. The lowest BCUT2D eigenvalue weighted by molar-refractivity contribution is 0.0998. The first kappa shape index (κ1) is 19.9. The summed E-state index contributed by atoms with van der Waals surface area (Å²) in [6.07, 6.45) is 3.93. The number of hydrogen-bond acceptors (Lipinski definition) is 6. The molecule has 3 N–H and O–H groups in total. The molecule has 8 heteroatoms. The van der Waals surface area contributed by atoms with Crippen LogP contribution < -0.4 is 15.3 Å².